The molecule has 0 saturated heterocycles. The molecule has 0 saturated carbocycles. The van der Waals surface area contributed by atoms with Gasteiger partial charge in [0.05, 0.1) is 0 Å². The van der Waals surface area contributed by atoms with Gasteiger partial charge in [0, 0.05) is 19.4 Å². The maximum atomic E-state index is 11.3. The third kappa shape index (κ3) is 12.9. The van der Waals surface area contributed by atoms with Gasteiger partial charge in [-0.15, -0.1) is 0 Å². The molecule has 0 spiro atoms. The molecule has 100 valence electrons. The number of hydrogen-bond acceptors (Lipinski definition) is 2. The van der Waals surface area contributed by atoms with Crippen molar-refractivity contribution in [2.24, 2.45) is 5.92 Å². The first-order valence-electron chi connectivity index (χ1n) is 6.51. The molecular formula is C13H25NO3. The van der Waals surface area contributed by atoms with E-state index in [2.05, 4.69) is 19.2 Å². The highest BCUT2D eigenvalue weighted by atomic mass is 16.4. The highest BCUT2D eigenvalue weighted by molar-refractivity contribution is 5.75. The van der Waals surface area contributed by atoms with Crippen molar-refractivity contribution >= 4 is 11.9 Å². The smallest absolute Gasteiger partial charge is 0.303 e. The highest BCUT2D eigenvalue weighted by Gasteiger charge is 2.02. The largest absolute Gasteiger partial charge is 0.481 e. The van der Waals surface area contributed by atoms with Gasteiger partial charge in [0.25, 0.3) is 0 Å². The Balaban J connectivity index is 3.26. The van der Waals surface area contributed by atoms with Crippen LogP contribution in [0, 0.1) is 5.92 Å². The van der Waals surface area contributed by atoms with Crippen LogP contribution in [0.3, 0.4) is 0 Å². The number of amides is 1. The molecule has 0 fully saturated rings. The van der Waals surface area contributed by atoms with E-state index in [1.54, 1.807) is 0 Å². The van der Waals surface area contributed by atoms with E-state index in [0.29, 0.717) is 19.3 Å². The van der Waals surface area contributed by atoms with Gasteiger partial charge >= 0.3 is 5.97 Å². The standard InChI is InChI=1S/C13H25NO3/c1-11(2)7-5-6-10-14-12(15)8-3-4-9-13(16)17/h11H,3-10H2,1-2H3,(H,14,15)(H,16,17). The molecule has 0 aromatic carbocycles. The fourth-order valence-electron chi connectivity index (χ4n) is 1.56. The Morgan fingerprint density at radius 2 is 1.71 bits per heavy atom. The van der Waals surface area contributed by atoms with Crippen molar-refractivity contribution in [2.45, 2.75) is 58.8 Å². The summed E-state index contributed by atoms with van der Waals surface area (Å²) in [4.78, 5) is 21.6. The molecule has 4 heteroatoms. The van der Waals surface area contributed by atoms with Crippen LogP contribution in [-0.4, -0.2) is 23.5 Å². The van der Waals surface area contributed by atoms with Crippen molar-refractivity contribution in [1.82, 2.24) is 5.32 Å². The predicted octanol–water partition coefficient (Wildman–Crippen LogP) is 2.57. The van der Waals surface area contributed by atoms with Crippen LogP contribution in [0.5, 0.6) is 0 Å². The summed E-state index contributed by atoms with van der Waals surface area (Å²) in [7, 11) is 0. The zero-order valence-corrected chi connectivity index (χ0v) is 11.0. The number of carboxylic acids is 1. The third-order valence-corrected chi connectivity index (χ3v) is 2.57. The molecule has 0 radical (unpaired) electrons. The number of aliphatic carboxylic acids is 1. The van der Waals surface area contributed by atoms with Crippen LogP contribution in [-0.2, 0) is 9.59 Å². The van der Waals surface area contributed by atoms with Crippen molar-refractivity contribution < 1.29 is 14.7 Å². The number of hydrogen-bond donors (Lipinski definition) is 2. The van der Waals surface area contributed by atoms with Crippen LogP contribution >= 0.6 is 0 Å². The molecule has 0 aliphatic rings. The van der Waals surface area contributed by atoms with Crippen LogP contribution in [0.4, 0.5) is 0 Å². The second kappa shape index (κ2) is 10.1. The molecule has 1 amide bonds. The first kappa shape index (κ1) is 15.9. The van der Waals surface area contributed by atoms with Gasteiger partial charge in [0.1, 0.15) is 0 Å². The molecule has 17 heavy (non-hydrogen) atoms. The van der Waals surface area contributed by atoms with Crippen LogP contribution in [0.15, 0.2) is 0 Å². The number of carbonyl (C=O) groups is 2. The summed E-state index contributed by atoms with van der Waals surface area (Å²) >= 11 is 0. The lowest BCUT2D eigenvalue weighted by Gasteiger charge is -2.06. The zero-order valence-electron chi connectivity index (χ0n) is 11.0. The maximum absolute atomic E-state index is 11.3. The van der Waals surface area contributed by atoms with E-state index in [1.165, 1.54) is 6.42 Å². The van der Waals surface area contributed by atoms with E-state index in [9.17, 15) is 9.59 Å². The number of rotatable bonds is 10. The van der Waals surface area contributed by atoms with Crippen molar-refractivity contribution in [1.29, 1.82) is 0 Å². The Bertz CT molecular complexity index is 227. The van der Waals surface area contributed by atoms with Gasteiger partial charge in [-0.3, -0.25) is 9.59 Å². The van der Waals surface area contributed by atoms with Gasteiger partial charge in [-0.1, -0.05) is 26.7 Å². The van der Waals surface area contributed by atoms with Crippen LogP contribution in [0.1, 0.15) is 58.8 Å². The average Bonchev–Trinajstić information content (AvgIpc) is 2.23. The first-order chi connectivity index (χ1) is 8.02. The summed E-state index contributed by atoms with van der Waals surface area (Å²) in [6.45, 7) is 5.13. The number of unbranched alkanes of at least 4 members (excludes halogenated alkanes) is 2. The summed E-state index contributed by atoms with van der Waals surface area (Å²) in [5, 5.41) is 11.3. The van der Waals surface area contributed by atoms with Crippen LogP contribution in [0.25, 0.3) is 0 Å². The lowest BCUT2D eigenvalue weighted by atomic mass is 10.1. The molecule has 0 atom stereocenters. The Labute approximate surface area is 104 Å². The van der Waals surface area contributed by atoms with E-state index in [1.807, 2.05) is 0 Å². The van der Waals surface area contributed by atoms with Gasteiger partial charge in [0.2, 0.25) is 5.91 Å². The van der Waals surface area contributed by atoms with E-state index in [4.69, 9.17) is 5.11 Å². The van der Waals surface area contributed by atoms with E-state index in [-0.39, 0.29) is 12.3 Å². The van der Waals surface area contributed by atoms with Crippen LogP contribution < -0.4 is 5.32 Å². The molecular weight excluding hydrogens is 218 g/mol. The van der Waals surface area contributed by atoms with Gasteiger partial charge < -0.3 is 10.4 Å². The molecule has 0 aromatic rings. The molecule has 0 aliphatic heterocycles. The molecule has 0 aliphatic carbocycles. The maximum Gasteiger partial charge on any atom is 0.303 e. The molecule has 0 heterocycles. The number of nitrogens with one attached hydrogen (secondary N) is 1. The summed E-state index contributed by atoms with van der Waals surface area (Å²) in [6, 6.07) is 0. The predicted molar refractivity (Wildman–Crippen MR) is 67.8 cm³/mol. The number of carboxylic acid groups (broad SMARTS) is 1. The van der Waals surface area contributed by atoms with Crippen molar-refractivity contribution in [3.63, 3.8) is 0 Å². The summed E-state index contributed by atoms with van der Waals surface area (Å²) in [5.41, 5.74) is 0. The van der Waals surface area contributed by atoms with Gasteiger partial charge in [-0.2, -0.15) is 0 Å². The molecule has 2 N–H and O–H groups in total. The fourth-order valence-corrected chi connectivity index (χ4v) is 1.56. The SMILES string of the molecule is CC(C)CCCCNC(=O)CCCCC(=O)O. The van der Waals surface area contributed by atoms with E-state index >= 15 is 0 Å². The third-order valence-electron chi connectivity index (χ3n) is 2.57. The molecule has 4 nitrogen and oxygen atoms in total. The summed E-state index contributed by atoms with van der Waals surface area (Å²) < 4.78 is 0. The minimum Gasteiger partial charge on any atom is -0.481 e. The Kier molecular flexibility index (Phi) is 9.49. The lowest BCUT2D eigenvalue weighted by Crippen LogP contribution is -2.24. The van der Waals surface area contributed by atoms with E-state index < -0.39 is 5.97 Å². The average molecular weight is 243 g/mol. The second-order valence-corrected chi connectivity index (χ2v) is 4.84. The topological polar surface area (TPSA) is 66.4 Å². The lowest BCUT2D eigenvalue weighted by molar-refractivity contribution is -0.137. The minimum atomic E-state index is -0.793. The monoisotopic (exact) mass is 243 g/mol. The molecule has 0 aromatic heterocycles. The Morgan fingerprint density at radius 1 is 1.06 bits per heavy atom. The van der Waals surface area contributed by atoms with Crippen LogP contribution in [0.2, 0.25) is 0 Å². The molecule has 0 unspecified atom stereocenters. The summed E-state index contributed by atoms with van der Waals surface area (Å²) in [6.07, 6.45) is 5.21. The van der Waals surface area contributed by atoms with Crippen molar-refractivity contribution in [3.05, 3.63) is 0 Å². The first-order valence-corrected chi connectivity index (χ1v) is 6.51. The molecule has 0 rings (SSSR count). The molecule has 0 bridgehead atoms. The zero-order chi connectivity index (χ0) is 13.1. The van der Waals surface area contributed by atoms with Crippen molar-refractivity contribution in [3.8, 4) is 0 Å². The highest BCUT2D eigenvalue weighted by Crippen LogP contribution is 2.05. The summed E-state index contributed by atoms with van der Waals surface area (Å²) in [5.74, 6) is -0.0271. The quantitative estimate of drug-likeness (QED) is 0.579. The van der Waals surface area contributed by atoms with E-state index in [0.717, 1.165) is 25.3 Å². The Hall–Kier alpha value is -1.06. The normalized spacial score (nSPS) is 10.5. The van der Waals surface area contributed by atoms with Crippen molar-refractivity contribution in [2.75, 3.05) is 6.54 Å². The van der Waals surface area contributed by atoms with Gasteiger partial charge in [-0.05, 0) is 25.2 Å². The van der Waals surface area contributed by atoms with Gasteiger partial charge in [0.15, 0.2) is 0 Å². The Morgan fingerprint density at radius 3 is 2.29 bits per heavy atom. The second-order valence-electron chi connectivity index (χ2n) is 4.84. The number of carbonyl (C=O) groups excluding carboxylic acids is 1. The van der Waals surface area contributed by atoms with Gasteiger partial charge in [-0.25, -0.2) is 0 Å². The minimum absolute atomic E-state index is 0.0416. The fraction of sp³-hybridized carbons (Fsp3) is 0.846.